The number of ketones is 1. The average molecular weight is 337 g/mol. The van der Waals surface area contributed by atoms with Gasteiger partial charge < -0.3 is 14.5 Å². The summed E-state index contributed by atoms with van der Waals surface area (Å²) in [5.74, 6) is 1.17. The summed E-state index contributed by atoms with van der Waals surface area (Å²) in [6, 6.07) is 9.14. The Morgan fingerprint density at radius 3 is 2.56 bits per heavy atom. The highest BCUT2D eigenvalue weighted by atomic mass is 16.5. The number of methoxy groups -OCH3 is 1. The summed E-state index contributed by atoms with van der Waals surface area (Å²) in [4.78, 5) is 24.5. The number of carbonyl (C=O) groups is 1. The third-order valence-electron chi connectivity index (χ3n) is 4.25. The number of rotatable bonds is 4. The van der Waals surface area contributed by atoms with Crippen molar-refractivity contribution in [2.45, 2.75) is 6.92 Å². The fourth-order valence-corrected chi connectivity index (χ4v) is 2.85. The lowest BCUT2D eigenvalue weighted by atomic mass is 10.1. The fraction of sp³-hybridized carbons (Fsp3) is 0.333. The van der Waals surface area contributed by atoms with Crippen LogP contribution in [0.5, 0.6) is 5.88 Å². The van der Waals surface area contributed by atoms with E-state index in [2.05, 4.69) is 25.8 Å². The Morgan fingerprint density at radius 1 is 1.20 bits per heavy atom. The number of nitrogens with zero attached hydrogens (tertiary/aromatic N) is 5. The van der Waals surface area contributed by atoms with Gasteiger partial charge >= 0.3 is 0 Å². The summed E-state index contributed by atoms with van der Waals surface area (Å²) in [7, 11) is 1.58. The standard InChI is InChI=1S/C18H19N5O2/c1-13(24)14-3-4-15(12-19)16(11-14)22-7-9-23(10-8-22)18-20-6-5-17(21-18)25-2/h3-6,11H,7-10H2,1-2H3. The molecule has 0 bridgehead atoms. The molecule has 1 fully saturated rings. The van der Waals surface area contributed by atoms with E-state index in [1.165, 1.54) is 6.92 Å². The molecular formula is C18H19N5O2. The second-order valence-electron chi connectivity index (χ2n) is 5.77. The zero-order valence-corrected chi connectivity index (χ0v) is 14.3. The SMILES string of the molecule is COc1ccnc(N2CCN(c3cc(C(C)=O)ccc3C#N)CC2)n1. The van der Waals surface area contributed by atoms with Crippen LogP contribution >= 0.6 is 0 Å². The van der Waals surface area contributed by atoms with Crippen molar-refractivity contribution >= 4 is 17.4 Å². The summed E-state index contributed by atoms with van der Waals surface area (Å²) >= 11 is 0. The Bertz CT molecular complexity index is 822. The minimum Gasteiger partial charge on any atom is -0.481 e. The molecule has 0 N–H and O–H groups in total. The number of nitriles is 1. The van der Waals surface area contributed by atoms with Gasteiger partial charge in [-0.1, -0.05) is 0 Å². The monoisotopic (exact) mass is 337 g/mol. The van der Waals surface area contributed by atoms with Crippen molar-refractivity contribution in [1.29, 1.82) is 5.26 Å². The van der Waals surface area contributed by atoms with Gasteiger partial charge in [-0.15, -0.1) is 0 Å². The molecule has 0 spiro atoms. The number of Topliss-reactive ketones (excluding diaryl/α,β-unsaturated/α-hetero) is 1. The van der Waals surface area contributed by atoms with E-state index in [4.69, 9.17) is 4.74 Å². The summed E-state index contributed by atoms with van der Waals surface area (Å²) in [5.41, 5.74) is 2.00. The number of hydrogen-bond donors (Lipinski definition) is 0. The van der Waals surface area contributed by atoms with E-state index in [9.17, 15) is 10.1 Å². The van der Waals surface area contributed by atoms with Crippen molar-refractivity contribution in [3.05, 3.63) is 41.6 Å². The molecule has 1 saturated heterocycles. The first-order valence-corrected chi connectivity index (χ1v) is 8.04. The van der Waals surface area contributed by atoms with Crippen LogP contribution in [0.2, 0.25) is 0 Å². The number of benzene rings is 1. The number of carbonyl (C=O) groups excluding carboxylic acids is 1. The van der Waals surface area contributed by atoms with Gasteiger partial charge in [-0.3, -0.25) is 4.79 Å². The van der Waals surface area contributed by atoms with Crippen molar-refractivity contribution < 1.29 is 9.53 Å². The lowest BCUT2D eigenvalue weighted by molar-refractivity contribution is 0.101. The largest absolute Gasteiger partial charge is 0.481 e. The fourth-order valence-electron chi connectivity index (χ4n) is 2.85. The maximum atomic E-state index is 11.6. The average Bonchev–Trinajstić information content (AvgIpc) is 2.67. The molecule has 0 saturated carbocycles. The third-order valence-corrected chi connectivity index (χ3v) is 4.25. The Labute approximate surface area is 146 Å². The van der Waals surface area contributed by atoms with Crippen LogP contribution in [0.3, 0.4) is 0 Å². The van der Waals surface area contributed by atoms with Crippen LogP contribution in [0.25, 0.3) is 0 Å². The van der Waals surface area contributed by atoms with Crippen LogP contribution < -0.4 is 14.5 Å². The van der Waals surface area contributed by atoms with Gasteiger partial charge in [-0.05, 0) is 25.1 Å². The van der Waals surface area contributed by atoms with Crippen molar-refractivity contribution in [3.8, 4) is 11.9 Å². The molecule has 0 unspecified atom stereocenters. The van der Waals surface area contributed by atoms with Gasteiger partial charge in [0.25, 0.3) is 0 Å². The summed E-state index contributed by atoms with van der Waals surface area (Å²) in [5, 5.41) is 9.36. The molecular weight excluding hydrogens is 318 g/mol. The maximum Gasteiger partial charge on any atom is 0.228 e. The molecule has 25 heavy (non-hydrogen) atoms. The smallest absolute Gasteiger partial charge is 0.228 e. The van der Waals surface area contributed by atoms with Gasteiger partial charge in [-0.2, -0.15) is 10.2 Å². The van der Waals surface area contributed by atoms with Crippen molar-refractivity contribution in [1.82, 2.24) is 9.97 Å². The van der Waals surface area contributed by atoms with Gasteiger partial charge in [0.15, 0.2) is 5.78 Å². The van der Waals surface area contributed by atoms with Crippen LogP contribution in [0, 0.1) is 11.3 Å². The van der Waals surface area contributed by atoms with Crippen LogP contribution in [0.4, 0.5) is 11.6 Å². The lowest BCUT2D eigenvalue weighted by Gasteiger charge is -2.36. The second kappa shape index (κ2) is 7.18. The molecule has 0 atom stereocenters. The van der Waals surface area contributed by atoms with Crippen LogP contribution in [-0.4, -0.2) is 49.0 Å². The first kappa shape index (κ1) is 16.7. The van der Waals surface area contributed by atoms with Gasteiger partial charge in [0, 0.05) is 44.0 Å². The zero-order chi connectivity index (χ0) is 17.8. The molecule has 1 aromatic heterocycles. The Morgan fingerprint density at radius 2 is 1.92 bits per heavy atom. The number of ether oxygens (including phenoxy) is 1. The maximum absolute atomic E-state index is 11.6. The Balaban J connectivity index is 1.77. The predicted molar refractivity (Wildman–Crippen MR) is 94.2 cm³/mol. The van der Waals surface area contributed by atoms with Crippen molar-refractivity contribution in [3.63, 3.8) is 0 Å². The zero-order valence-electron chi connectivity index (χ0n) is 14.3. The first-order chi connectivity index (χ1) is 12.1. The molecule has 128 valence electrons. The Hall–Kier alpha value is -3.14. The lowest BCUT2D eigenvalue weighted by Crippen LogP contribution is -2.47. The van der Waals surface area contributed by atoms with E-state index in [-0.39, 0.29) is 5.78 Å². The van der Waals surface area contributed by atoms with Crippen molar-refractivity contribution in [2.24, 2.45) is 0 Å². The van der Waals surface area contributed by atoms with Gasteiger partial charge in [0.1, 0.15) is 6.07 Å². The minimum absolute atomic E-state index is 0.00541. The van der Waals surface area contributed by atoms with E-state index in [0.717, 1.165) is 31.9 Å². The highest BCUT2D eigenvalue weighted by Gasteiger charge is 2.22. The summed E-state index contributed by atoms with van der Waals surface area (Å²) in [6.07, 6.45) is 1.68. The molecule has 2 heterocycles. The quantitative estimate of drug-likeness (QED) is 0.788. The number of piperazine rings is 1. The highest BCUT2D eigenvalue weighted by Crippen LogP contribution is 2.24. The predicted octanol–water partition coefficient (Wildman–Crippen LogP) is 1.89. The van der Waals surface area contributed by atoms with E-state index in [1.807, 2.05) is 0 Å². The number of hydrogen-bond acceptors (Lipinski definition) is 7. The minimum atomic E-state index is -0.00541. The molecule has 0 radical (unpaired) electrons. The second-order valence-corrected chi connectivity index (χ2v) is 5.77. The molecule has 3 rings (SSSR count). The molecule has 1 aliphatic rings. The summed E-state index contributed by atoms with van der Waals surface area (Å²) in [6.45, 7) is 4.42. The number of aromatic nitrogens is 2. The molecule has 1 aliphatic heterocycles. The summed E-state index contributed by atoms with van der Waals surface area (Å²) < 4.78 is 5.15. The van der Waals surface area contributed by atoms with E-state index < -0.39 is 0 Å². The van der Waals surface area contributed by atoms with Gasteiger partial charge in [0.05, 0.1) is 18.4 Å². The highest BCUT2D eigenvalue weighted by molar-refractivity contribution is 5.95. The van der Waals surface area contributed by atoms with Crippen LogP contribution in [0.15, 0.2) is 30.5 Å². The molecule has 0 aliphatic carbocycles. The molecule has 2 aromatic rings. The van der Waals surface area contributed by atoms with Crippen molar-refractivity contribution in [2.75, 3.05) is 43.1 Å². The van der Waals surface area contributed by atoms with E-state index in [1.54, 1.807) is 37.6 Å². The third kappa shape index (κ3) is 3.53. The van der Waals surface area contributed by atoms with Crippen LogP contribution in [0.1, 0.15) is 22.8 Å². The molecule has 0 amide bonds. The van der Waals surface area contributed by atoms with E-state index in [0.29, 0.717) is 23.0 Å². The molecule has 7 nitrogen and oxygen atoms in total. The Kier molecular flexibility index (Phi) is 4.80. The normalized spacial score (nSPS) is 14.1. The molecule has 1 aromatic carbocycles. The molecule has 7 heteroatoms. The van der Waals surface area contributed by atoms with Crippen LogP contribution in [-0.2, 0) is 0 Å². The number of anilines is 2. The van der Waals surface area contributed by atoms with Gasteiger partial charge in [-0.25, -0.2) is 4.98 Å². The first-order valence-electron chi connectivity index (χ1n) is 8.04. The topological polar surface area (TPSA) is 82.4 Å². The van der Waals surface area contributed by atoms with E-state index >= 15 is 0 Å². The van der Waals surface area contributed by atoms with Gasteiger partial charge in [0.2, 0.25) is 11.8 Å².